The van der Waals surface area contributed by atoms with Crippen molar-refractivity contribution >= 4 is 29.7 Å². The van der Waals surface area contributed by atoms with Crippen molar-refractivity contribution in [3.63, 3.8) is 0 Å². The van der Waals surface area contributed by atoms with E-state index in [1.54, 1.807) is 0 Å². The van der Waals surface area contributed by atoms with E-state index in [2.05, 4.69) is 5.32 Å². The van der Waals surface area contributed by atoms with Crippen molar-refractivity contribution in [2.24, 2.45) is 5.73 Å². The van der Waals surface area contributed by atoms with E-state index in [0.29, 0.717) is 12.1 Å². The van der Waals surface area contributed by atoms with Gasteiger partial charge < -0.3 is 16.4 Å². The number of nitrogens with two attached hydrogens (primary N) is 1. The maximum absolute atomic E-state index is 12.9. The van der Waals surface area contributed by atoms with Gasteiger partial charge in [-0.2, -0.15) is 13.2 Å². The lowest BCUT2D eigenvalue weighted by Crippen LogP contribution is -2.41. The molecule has 1 amide bonds. The Labute approximate surface area is 150 Å². The van der Waals surface area contributed by atoms with Gasteiger partial charge in [0.15, 0.2) is 0 Å². The molecule has 0 aliphatic carbocycles. The Morgan fingerprint density at radius 1 is 1.23 bits per heavy atom. The van der Waals surface area contributed by atoms with E-state index in [4.69, 9.17) is 5.73 Å². The van der Waals surface area contributed by atoms with Crippen LogP contribution in [0.25, 0.3) is 0 Å². The van der Waals surface area contributed by atoms with Crippen molar-refractivity contribution in [2.75, 3.05) is 25.0 Å². The monoisotopic (exact) mass is 406 g/mol. The first-order valence-corrected chi connectivity index (χ1v) is 6.90. The Hall–Kier alpha value is -2.21. The molecule has 0 aliphatic heterocycles. The molecule has 4 N–H and O–H groups in total. The molecule has 13 heteroatoms. The Kier molecular flexibility index (Phi) is 8.67. The third-order valence-electron chi connectivity index (χ3n) is 3.03. The van der Waals surface area contributed by atoms with E-state index in [-0.39, 0.29) is 31.1 Å². The van der Waals surface area contributed by atoms with Gasteiger partial charge in [0.2, 0.25) is 5.91 Å². The number of anilines is 1. The summed E-state index contributed by atoms with van der Waals surface area (Å²) in [6.45, 7) is -2.10. The highest BCUT2D eigenvalue weighted by molar-refractivity contribution is 5.85. The highest BCUT2D eigenvalue weighted by atomic mass is 35.5. The summed E-state index contributed by atoms with van der Waals surface area (Å²) in [7, 11) is 0. The zero-order valence-electron chi connectivity index (χ0n) is 13.1. The molecule has 1 aromatic rings. The van der Waals surface area contributed by atoms with Gasteiger partial charge in [-0.25, -0.2) is 8.78 Å². The summed E-state index contributed by atoms with van der Waals surface area (Å²) < 4.78 is 63.4. The smallest absolute Gasteiger partial charge is 0.379 e. The van der Waals surface area contributed by atoms with Crippen LogP contribution in [0.3, 0.4) is 0 Å². The Balaban J connectivity index is 0.00000625. The fraction of sp³-hybridized carbons (Fsp3) is 0.462. The second-order valence-corrected chi connectivity index (χ2v) is 5.00. The van der Waals surface area contributed by atoms with Gasteiger partial charge >= 0.3 is 6.18 Å². The van der Waals surface area contributed by atoms with Crippen LogP contribution < -0.4 is 16.4 Å². The van der Waals surface area contributed by atoms with Gasteiger partial charge in [0, 0.05) is 19.0 Å². The molecule has 0 unspecified atom stereocenters. The number of rotatable bonds is 8. The molecule has 148 valence electrons. The van der Waals surface area contributed by atoms with Crippen molar-refractivity contribution < 1.29 is 31.7 Å². The first-order valence-electron chi connectivity index (χ1n) is 6.90. The number of carbonyl (C=O) groups is 1. The summed E-state index contributed by atoms with van der Waals surface area (Å²) in [5.41, 5.74) is 2.57. The summed E-state index contributed by atoms with van der Waals surface area (Å²) in [4.78, 5) is 21.3. The standard InChI is InChI=1S/C13H15F5N4O3.ClH/c14-12(15,6-19)7-21-11(23)3-4-20-9-2-1-8(13(16,17)18)5-10(9)22(24)25;/h1-2,5,20H,3-4,6-7,19H2,(H,21,23);1H. The zero-order chi connectivity index (χ0) is 19.3. The van der Waals surface area contributed by atoms with Crippen LogP contribution in [0.4, 0.5) is 33.3 Å². The van der Waals surface area contributed by atoms with E-state index in [0.717, 1.165) is 6.07 Å². The molecule has 0 radical (unpaired) electrons. The van der Waals surface area contributed by atoms with Gasteiger partial charge in [0.1, 0.15) is 5.69 Å². The molecule has 7 nitrogen and oxygen atoms in total. The maximum Gasteiger partial charge on any atom is 0.416 e. The summed E-state index contributed by atoms with van der Waals surface area (Å²) in [5.74, 6) is -4.02. The number of carbonyl (C=O) groups excluding carboxylic acids is 1. The zero-order valence-corrected chi connectivity index (χ0v) is 13.9. The van der Waals surface area contributed by atoms with Crippen LogP contribution in [0, 0.1) is 10.1 Å². The molecule has 0 saturated carbocycles. The van der Waals surface area contributed by atoms with Crippen LogP contribution in [0.5, 0.6) is 0 Å². The van der Waals surface area contributed by atoms with Gasteiger partial charge in [-0.05, 0) is 12.1 Å². The van der Waals surface area contributed by atoms with Gasteiger partial charge in [-0.1, -0.05) is 0 Å². The number of amides is 1. The number of nitrogens with one attached hydrogen (secondary N) is 2. The highest BCUT2D eigenvalue weighted by Crippen LogP contribution is 2.34. The summed E-state index contributed by atoms with van der Waals surface area (Å²) in [5, 5.41) is 15.2. The molecule has 0 aliphatic rings. The van der Waals surface area contributed by atoms with Gasteiger partial charge in [-0.15, -0.1) is 12.4 Å². The minimum Gasteiger partial charge on any atom is -0.379 e. The van der Waals surface area contributed by atoms with Crippen molar-refractivity contribution in [3.8, 4) is 0 Å². The number of nitro benzene ring substituents is 1. The van der Waals surface area contributed by atoms with E-state index in [1.807, 2.05) is 5.32 Å². The van der Waals surface area contributed by atoms with E-state index in [1.165, 1.54) is 0 Å². The third kappa shape index (κ3) is 7.35. The molecule has 0 saturated heterocycles. The molecule has 0 atom stereocenters. The molecule has 0 spiro atoms. The Morgan fingerprint density at radius 3 is 2.35 bits per heavy atom. The van der Waals surface area contributed by atoms with Gasteiger partial charge in [-0.3, -0.25) is 14.9 Å². The maximum atomic E-state index is 12.9. The number of alkyl halides is 5. The van der Waals surface area contributed by atoms with Gasteiger partial charge in [0.25, 0.3) is 11.6 Å². The fourth-order valence-electron chi connectivity index (χ4n) is 1.71. The number of nitrogens with zero attached hydrogens (tertiary/aromatic N) is 1. The SMILES string of the molecule is Cl.NCC(F)(F)CNC(=O)CCNc1ccc(C(F)(F)F)cc1[N+](=O)[O-]. The fourth-order valence-corrected chi connectivity index (χ4v) is 1.71. The summed E-state index contributed by atoms with van der Waals surface area (Å²) in [6, 6.07) is 1.88. The average Bonchev–Trinajstić information content (AvgIpc) is 2.52. The molecule has 0 bridgehead atoms. The van der Waals surface area contributed by atoms with Crippen LogP contribution >= 0.6 is 12.4 Å². The molecule has 0 heterocycles. The van der Waals surface area contributed by atoms with Crippen LogP contribution in [-0.4, -0.2) is 36.4 Å². The van der Waals surface area contributed by atoms with Crippen molar-refractivity contribution in [2.45, 2.75) is 18.5 Å². The summed E-state index contributed by atoms with van der Waals surface area (Å²) in [6.07, 6.45) is -5.06. The number of nitro groups is 1. The molecule has 1 aromatic carbocycles. The molecule has 26 heavy (non-hydrogen) atoms. The first-order chi connectivity index (χ1) is 11.5. The van der Waals surface area contributed by atoms with E-state index in [9.17, 15) is 36.9 Å². The lowest BCUT2D eigenvalue weighted by Gasteiger charge is -2.14. The number of halogens is 6. The molecular formula is C13H16ClF5N4O3. The molecule has 0 fully saturated rings. The Morgan fingerprint density at radius 2 is 1.85 bits per heavy atom. The van der Waals surface area contributed by atoms with Crippen molar-refractivity contribution in [1.82, 2.24) is 5.32 Å². The molecule has 0 aromatic heterocycles. The molecular weight excluding hydrogens is 391 g/mol. The highest BCUT2D eigenvalue weighted by Gasteiger charge is 2.33. The second kappa shape index (κ2) is 9.48. The Bertz CT molecular complexity index is 643. The minimum atomic E-state index is -4.74. The topological polar surface area (TPSA) is 110 Å². The van der Waals surface area contributed by atoms with Crippen molar-refractivity contribution in [1.29, 1.82) is 0 Å². The van der Waals surface area contributed by atoms with E-state index < -0.39 is 47.3 Å². The van der Waals surface area contributed by atoms with Crippen LogP contribution in [0.1, 0.15) is 12.0 Å². The normalized spacial score (nSPS) is 11.5. The van der Waals surface area contributed by atoms with Crippen LogP contribution in [0.15, 0.2) is 18.2 Å². The summed E-state index contributed by atoms with van der Waals surface area (Å²) >= 11 is 0. The van der Waals surface area contributed by atoms with Crippen molar-refractivity contribution in [3.05, 3.63) is 33.9 Å². The van der Waals surface area contributed by atoms with E-state index >= 15 is 0 Å². The van der Waals surface area contributed by atoms with Crippen LogP contribution in [-0.2, 0) is 11.0 Å². The van der Waals surface area contributed by atoms with Gasteiger partial charge in [0.05, 0.1) is 23.6 Å². The second-order valence-electron chi connectivity index (χ2n) is 5.00. The third-order valence-corrected chi connectivity index (χ3v) is 3.03. The number of hydrogen-bond donors (Lipinski definition) is 3. The molecule has 1 rings (SSSR count). The largest absolute Gasteiger partial charge is 0.416 e. The first kappa shape index (κ1) is 23.8. The quantitative estimate of drug-likeness (QED) is 0.349. The van der Waals surface area contributed by atoms with Crippen LogP contribution in [0.2, 0.25) is 0 Å². The number of hydrogen-bond acceptors (Lipinski definition) is 5. The lowest BCUT2D eigenvalue weighted by molar-refractivity contribution is -0.384. The minimum absolute atomic E-state index is 0. The predicted octanol–water partition coefficient (Wildman–Crippen LogP) is 2.55. The average molecular weight is 407 g/mol. The number of benzene rings is 1. The predicted molar refractivity (Wildman–Crippen MR) is 85.5 cm³/mol. The lowest BCUT2D eigenvalue weighted by atomic mass is 10.1.